The van der Waals surface area contributed by atoms with Crippen LogP contribution in [0.4, 0.5) is 0 Å². The lowest BCUT2D eigenvalue weighted by Gasteiger charge is -2.08. The SMILES string of the molecule is CCSc1ccccc1OCCO. The highest BCUT2D eigenvalue weighted by Gasteiger charge is 2.00. The van der Waals surface area contributed by atoms with E-state index in [9.17, 15) is 0 Å². The topological polar surface area (TPSA) is 29.5 Å². The summed E-state index contributed by atoms with van der Waals surface area (Å²) in [7, 11) is 0. The number of ether oxygens (including phenoxy) is 1. The van der Waals surface area contributed by atoms with Crippen LogP contribution in [0.3, 0.4) is 0 Å². The summed E-state index contributed by atoms with van der Waals surface area (Å²) in [6, 6.07) is 7.88. The van der Waals surface area contributed by atoms with Gasteiger partial charge in [0.25, 0.3) is 0 Å². The molecule has 1 aromatic rings. The van der Waals surface area contributed by atoms with Gasteiger partial charge in [0.2, 0.25) is 0 Å². The van der Waals surface area contributed by atoms with Crippen LogP contribution in [0.1, 0.15) is 6.92 Å². The van der Waals surface area contributed by atoms with Gasteiger partial charge in [-0.15, -0.1) is 11.8 Å². The van der Waals surface area contributed by atoms with E-state index in [1.54, 1.807) is 11.8 Å². The van der Waals surface area contributed by atoms with Gasteiger partial charge >= 0.3 is 0 Å². The maximum atomic E-state index is 8.62. The molecule has 0 atom stereocenters. The van der Waals surface area contributed by atoms with Crippen LogP contribution < -0.4 is 4.74 Å². The fourth-order valence-electron chi connectivity index (χ4n) is 1.000. The van der Waals surface area contributed by atoms with Crippen LogP contribution in [0.2, 0.25) is 0 Å². The highest BCUT2D eigenvalue weighted by Crippen LogP contribution is 2.28. The van der Waals surface area contributed by atoms with E-state index in [1.807, 2.05) is 24.3 Å². The molecule has 0 bridgehead atoms. The first-order valence-corrected chi connectivity index (χ1v) is 5.32. The third kappa shape index (κ3) is 3.28. The molecule has 0 aliphatic rings. The molecule has 0 aromatic heterocycles. The van der Waals surface area contributed by atoms with E-state index in [0.29, 0.717) is 6.61 Å². The second-order valence-electron chi connectivity index (χ2n) is 2.45. The summed E-state index contributed by atoms with van der Waals surface area (Å²) in [4.78, 5) is 1.14. The number of aliphatic hydroxyl groups is 1. The third-order valence-corrected chi connectivity index (χ3v) is 2.43. The first-order chi connectivity index (χ1) is 6.38. The van der Waals surface area contributed by atoms with Crippen molar-refractivity contribution in [1.29, 1.82) is 0 Å². The van der Waals surface area contributed by atoms with Crippen LogP contribution in [-0.4, -0.2) is 24.1 Å². The van der Waals surface area contributed by atoms with E-state index in [4.69, 9.17) is 9.84 Å². The number of para-hydroxylation sites is 1. The summed E-state index contributed by atoms with van der Waals surface area (Å²) in [6.07, 6.45) is 0. The fraction of sp³-hybridized carbons (Fsp3) is 0.400. The second kappa shape index (κ2) is 5.89. The van der Waals surface area contributed by atoms with Crippen LogP contribution >= 0.6 is 11.8 Å². The molecule has 0 radical (unpaired) electrons. The third-order valence-electron chi connectivity index (χ3n) is 1.50. The number of thioether (sulfide) groups is 1. The first kappa shape index (κ1) is 10.4. The Morgan fingerprint density at radius 3 is 2.85 bits per heavy atom. The van der Waals surface area contributed by atoms with Crippen molar-refractivity contribution < 1.29 is 9.84 Å². The molecular formula is C10H14O2S. The predicted octanol–water partition coefficient (Wildman–Crippen LogP) is 2.17. The zero-order valence-electron chi connectivity index (χ0n) is 7.69. The van der Waals surface area contributed by atoms with E-state index in [0.717, 1.165) is 16.4 Å². The molecule has 1 rings (SSSR count). The molecule has 0 unspecified atom stereocenters. The average molecular weight is 198 g/mol. The molecular weight excluding hydrogens is 184 g/mol. The van der Waals surface area contributed by atoms with Crippen molar-refractivity contribution >= 4 is 11.8 Å². The number of hydrogen-bond donors (Lipinski definition) is 1. The molecule has 0 amide bonds. The Kier molecular flexibility index (Phi) is 4.72. The highest BCUT2D eigenvalue weighted by molar-refractivity contribution is 7.99. The Labute approximate surface area is 82.9 Å². The molecule has 0 fully saturated rings. The van der Waals surface area contributed by atoms with E-state index in [1.165, 1.54) is 0 Å². The van der Waals surface area contributed by atoms with Crippen molar-refractivity contribution in [2.24, 2.45) is 0 Å². The molecule has 1 N–H and O–H groups in total. The highest BCUT2D eigenvalue weighted by atomic mass is 32.2. The minimum atomic E-state index is 0.0606. The molecule has 0 saturated carbocycles. The van der Waals surface area contributed by atoms with Gasteiger partial charge in [-0.1, -0.05) is 19.1 Å². The van der Waals surface area contributed by atoms with Crippen LogP contribution in [0.25, 0.3) is 0 Å². The fourth-order valence-corrected chi connectivity index (χ4v) is 1.75. The van der Waals surface area contributed by atoms with E-state index < -0.39 is 0 Å². The number of aliphatic hydroxyl groups excluding tert-OH is 1. The van der Waals surface area contributed by atoms with Gasteiger partial charge in [-0.2, -0.15) is 0 Å². The molecule has 72 valence electrons. The summed E-state index contributed by atoms with van der Waals surface area (Å²) in [5.74, 6) is 1.89. The van der Waals surface area contributed by atoms with Crippen LogP contribution in [0.15, 0.2) is 29.2 Å². The largest absolute Gasteiger partial charge is 0.490 e. The lowest BCUT2D eigenvalue weighted by atomic mass is 10.3. The van der Waals surface area contributed by atoms with Crippen molar-refractivity contribution in [2.75, 3.05) is 19.0 Å². The molecule has 13 heavy (non-hydrogen) atoms. The summed E-state index contributed by atoms with van der Waals surface area (Å²) < 4.78 is 5.37. The van der Waals surface area contributed by atoms with Gasteiger partial charge in [-0.05, 0) is 17.9 Å². The number of rotatable bonds is 5. The number of hydrogen-bond acceptors (Lipinski definition) is 3. The molecule has 2 nitrogen and oxygen atoms in total. The molecule has 3 heteroatoms. The molecule has 1 aromatic carbocycles. The normalized spacial score (nSPS) is 10.0. The van der Waals surface area contributed by atoms with E-state index in [2.05, 4.69) is 6.92 Å². The Hall–Kier alpha value is -0.670. The first-order valence-electron chi connectivity index (χ1n) is 4.34. The smallest absolute Gasteiger partial charge is 0.132 e. The molecule has 0 heterocycles. The lowest BCUT2D eigenvalue weighted by Crippen LogP contribution is -2.02. The van der Waals surface area contributed by atoms with Crippen molar-refractivity contribution in [3.63, 3.8) is 0 Å². The lowest BCUT2D eigenvalue weighted by molar-refractivity contribution is 0.198. The Morgan fingerprint density at radius 2 is 2.15 bits per heavy atom. The van der Waals surface area contributed by atoms with Gasteiger partial charge in [0.05, 0.1) is 6.61 Å². The molecule has 0 saturated heterocycles. The van der Waals surface area contributed by atoms with Crippen LogP contribution in [0, 0.1) is 0 Å². The monoisotopic (exact) mass is 198 g/mol. The minimum Gasteiger partial charge on any atom is -0.490 e. The van der Waals surface area contributed by atoms with Gasteiger partial charge in [-0.25, -0.2) is 0 Å². The van der Waals surface area contributed by atoms with Crippen molar-refractivity contribution in [2.45, 2.75) is 11.8 Å². The van der Waals surface area contributed by atoms with Gasteiger partial charge in [-0.3, -0.25) is 0 Å². The average Bonchev–Trinajstić information content (AvgIpc) is 2.17. The summed E-state index contributed by atoms with van der Waals surface area (Å²) in [5.41, 5.74) is 0. The standard InChI is InChI=1S/C10H14O2S/c1-2-13-10-6-4-3-5-9(10)12-8-7-11/h3-6,11H,2,7-8H2,1H3. The molecule has 0 aliphatic carbocycles. The predicted molar refractivity (Wildman–Crippen MR) is 55.4 cm³/mol. The zero-order chi connectivity index (χ0) is 9.52. The maximum Gasteiger partial charge on any atom is 0.132 e. The zero-order valence-corrected chi connectivity index (χ0v) is 8.51. The van der Waals surface area contributed by atoms with Gasteiger partial charge in [0.1, 0.15) is 12.4 Å². The Bertz CT molecular complexity index is 250. The van der Waals surface area contributed by atoms with Gasteiger partial charge in [0.15, 0.2) is 0 Å². The summed E-state index contributed by atoms with van der Waals surface area (Å²) >= 11 is 1.75. The molecule has 0 aliphatic heterocycles. The van der Waals surface area contributed by atoms with Crippen molar-refractivity contribution in [3.05, 3.63) is 24.3 Å². The minimum absolute atomic E-state index is 0.0606. The Balaban J connectivity index is 2.66. The summed E-state index contributed by atoms with van der Waals surface area (Å²) in [5, 5.41) is 8.62. The summed E-state index contributed by atoms with van der Waals surface area (Å²) in [6.45, 7) is 2.53. The van der Waals surface area contributed by atoms with E-state index in [-0.39, 0.29) is 6.61 Å². The second-order valence-corrected chi connectivity index (χ2v) is 3.76. The van der Waals surface area contributed by atoms with Gasteiger partial charge in [0, 0.05) is 4.90 Å². The van der Waals surface area contributed by atoms with Gasteiger partial charge < -0.3 is 9.84 Å². The molecule has 0 spiro atoms. The number of benzene rings is 1. The van der Waals surface area contributed by atoms with Crippen LogP contribution in [-0.2, 0) is 0 Å². The van der Waals surface area contributed by atoms with Crippen molar-refractivity contribution in [1.82, 2.24) is 0 Å². The maximum absolute atomic E-state index is 8.62. The van der Waals surface area contributed by atoms with E-state index >= 15 is 0 Å². The quantitative estimate of drug-likeness (QED) is 0.735. The van der Waals surface area contributed by atoms with Crippen molar-refractivity contribution in [3.8, 4) is 5.75 Å². The van der Waals surface area contributed by atoms with Crippen LogP contribution in [0.5, 0.6) is 5.75 Å². The Morgan fingerprint density at radius 1 is 1.38 bits per heavy atom.